The fourth-order valence-corrected chi connectivity index (χ4v) is 4.17. The van der Waals surface area contributed by atoms with Crippen molar-refractivity contribution in [2.45, 2.75) is 45.4 Å². The molecule has 2 fully saturated rings. The highest BCUT2D eigenvalue weighted by atomic mass is 32.1. The van der Waals surface area contributed by atoms with Crippen LogP contribution in [-0.4, -0.2) is 19.4 Å². The number of anilines is 2. The molecule has 2 aliphatic carbocycles. The van der Waals surface area contributed by atoms with Crippen molar-refractivity contribution >= 4 is 27.8 Å². The van der Waals surface area contributed by atoms with Crippen molar-refractivity contribution in [1.82, 2.24) is 0 Å². The van der Waals surface area contributed by atoms with Crippen LogP contribution in [0.3, 0.4) is 0 Å². The van der Waals surface area contributed by atoms with Gasteiger partial charge in [0.15, 0.2) is 11.5 Å². The summed E-state index contributed by atoms with van der Waals surface area (Å²) in [6, 6.07) is 0. The number of carbonyl (C=O) groups excluding carboxylic acids is 1. The molecule has 21 heavy (non-hydrogen) atoms. The number of methoxy groups -OCH3 is 1. The molecule has 4 nitrogen and oxygen atoms in total. The van der Waals surface area contributed by atoms with Crippen molar-refractivity contribution in [3.63, 3.8) is 0 Å². The minimum Gasteiger partial charge on any atom is -0.492 e. The Morgan fingerprint density at radius 1 is 1.48 bits per heavy atom. The van der Waals surface area contributed by atoms with E-state index in [1.165, 1.54) is 37.0 Å². The Morgan fingerprint density at radius 2 is 2.19 bits per heavy atom. The lowest BCUT2D eigenvalue weighted by molar-refractivity contribution is 0.0972. The van der Waals surface area contributed by atoms with Gasteiger partial charge in [-0.05, 0) is 37.5 Å². The molecular formula is C16H24N2O2S. The summed E-state index contributed by atoms with van der Waals surface area (Å²) < 4.78 is 5.43. The number of nitrogens with one attached hydrogen (secondary N) is 1. The first-order valence-electron chi connectivity index (χ1n) is 7.84. The van der Waals surface area contributed by atoms with Gasteiger partial charge in [0.25, 0.3) is 0 Å². The zero-order valence-electron chi connectivity index (χ0n) is 12.8. The highest BCUT2D eigenvalue weighted by Crippen LogP contribution is 2.48. The van der Waals surface area contributed by atoms with E-state index in [9.17, 15) is 4.79 Å². The second kappa shape index (κ2) is 5.52. The topological polar surface area (TPSA) is 64.4 Å². The van der Waals surface area contributed by atoms with Crippen LogP contribution in [0, 0.1) is 11.3 Å². The number of Topliss-reactive ketones (excluding diaryl/α,β-unsaturated/α-hetero) is 1. The molecule has 1 heterocycles. The van der Waals surface area contributed by atoms with Crippen molar-refractivity contribution in [2.24, 2.45) is 11.3 Å². The van der Waals surface area contributed by atoms with Crippen LogP contribution >= 0.6 is 11.3 Å². The molecule has 0 atom stereocenters. The molecule has 0 bridgehead atoms. The predicted molar refractivity (Wildman–Crippen MR) is 87.4 cm³/mol. The van der Waals surface area contributed by atoms with Gasteiger partial charge in [-0.3, -0.25) is 4.79 Å². The zero-order valence-corrected chi connectivity index (χ0v) is 13.6. The Kier molecular flexibility index (Phi) is 3.86. The first-order chi connectivity index (χ1) is 10.1. The van der Waals surface area contributed by atoms with Crippen molar-refractivity contribution < 1.29 is 9.53 Å². The zero-order chi connectivity index (χ0) is 15.0. The van der Waals surface area contributed by atoms with Crippen molar-refractivity contribution in [1.29, 1.82) is 0 Å². The van der Waals surface area contributed by atoms with Crippen molar-refractivity contribution in [3.8, 4) is 5.75 Å². The molecule has 0 aliphatic heterocycles. The lowest BCUT2D eigenvalue weighted by Crippen LogP contribution is -2.35. The molecule has 116 valence electrons. The lowest BCUT2D eigenvalue weighted by Gasteiger charge is -2.41. The summed E-state index contributed by atoms with van der Waals surface area (Å²) in [5, 5.41) is 4.41. The lowest BCUT2D eigenvalue weighted by atomic mass is 9.67. The molecule has 2 saturated carbocycles. The van der Waals surface area contributed by atoms with Crippen LogP contribution in [0.4, 0.5) is 10.7 Å². The number of hydrogen-bond donors (Lipinski definition) is 2. The minimum atomic E-state index is 0.192. The number of hydrogen-bond acceptors (Lipinski definition) is 5. The van der Waals surface area contributed by atoms with E-state index < -0.39 is 0 Å². The van der Waals surface area contributed by atoms with Gasteiger partial charge in [-0.25, -0.2) is 0 Å². The highest BCUT2D eigenvalue weighted by Gasteiger charge is 2.37. The van der Waals surface area contributed by atoms with Gasteiger partial charge in [-0.1, -0.05) is 13.3 Å². The molecule has 1 aromatic rings. The number of ketones is 1. The quantitative estimate of drug-likeness (QED) is 0.749. The summed E-state index contributed by atoms with van der Waals surface area (Å²) in [7, 11) is 1.62. The highest BCUT2D eigenvalue weighted by molar-refractivity contribution is 7.19. The minimum absolute atomic E-state index is 0.192. The van der Waals surface area contributed by atoms with Crippen molar-refractivity contribution in [2.75, 3.05) is 24.7 Å². The van der Waals surface area contributed by atoms with Gasteiger partial charge in [0.05, 0.1) is 17.7 Å². The predicted octanol–water partition coefficient (Wildman–Crippen LogP) is 3.92. The molecule has 2 aliphatic rings. The molecule has 5 heteroatoms. The number of rotatable bonds is 7. The second-order valence-electron chi connectivity index (χ2n) is 6.41. The van der Waals surface area contributed by atoms with E-state index in [1.54, 1.807) is 7.11 Å². The monoisotopic (exact) mass is 308 g/mol. The Bertz CT molecular complexity index is 539. The Labute approximate surface area is 130 Å². The largest absolute Gasteiger partial charge is 0.492 e. The molecule has 3 N–H and O–H groups in total. The van der Waals surface area contributed by atoms with Crippen LogP contribution in [0.2, 0.25) is 0 Å². The maximum Gasteiger partial charge on any atom is 0.178 e. The second-order valence-corrected chi connectivity index (χ2v) is 7.43. The number of thiophene rings is 1. The van der Waals surface area contributed by atoms with Crippen LogP contribution in [0.25, 0.3) is 0 Å². The molecule has 0 unspecified atom stereocenters. The Morgan fingerprint density at radius 3 is 2.67 bits per heavy atom. The SMILES string of the molecule is CCC1(CNc2sc(C(=O)C3CC3)c(N)c2OC)CCC1. The molecular weight excluding hydrogens is 284 g/mol. The number of carbonyl (C=O) groups is 1. The van der Waals surface area contributed by atoms with E-state index >= 15 is 0 Å². The van der Waals surface area contributed by atoms with Gasteiger partial charge in [0.2, 0.25) is 0 Å². The molecule has 0 radical (unpaired) electrons. The van der Waals surface area contributed by atoms with E-state index in [2.05, 4.69) is 12.2 Å². The number of nitrogen functional groups attached to an aromatic ring is 1. The summed E-state index contributed by atoms with van der Waals surface area (Å²) in [6.07, 6.45) is 7.09. The third-order valence-electron chi connectivity index (χ3n) is 5.06. The summed E-state index contributed by atoms with van der Waals surface area (Å²) in [6.45, 7) is 3.19. The van der Waals surface area contributed by atoms with Gasteiger partial charge in [0, 0.05) is 12.5 Å². The van der Waals surface area contributed by atoms with E-state index in [0.29, 0.717) is 21.7 Å². The summed E-state index contributed by atoms with van der Waals surface area (Å²) in [4.78, 5) is 13.0. The molecule has 0 aromatic carbocycles. The van der Waals surface area contributed by atoms with Gasteiger partial charge >= 0.3 is 0 Å². The van der Waals surface area contributed by atoms with E-state index in [4.69, 9.17) is 10.5 Å². The summed E-state index contributed by atoms with van der Waals surface area (Å²) in [5.74, 6) is 1.03. The van der Waals surface area contributed by atoms with Gasteiger partial charge in [0.1, 0.15) is 5.00 Å². The van der Waals surface area contributed by atoms with E-state index in [-0.39, 0.29) is 11.7 Å². The third-order valence-corrected chi connectivity index (χ3v) is 6.22. The number of ether oxygens (including phenoxy) is 1. The Hall–Kier alpha value is -1.23. The van der Waals surface area contributed by atoms with Crippen LogP contribution in [0.5, 0.6) is 5.75 Å². The normalized spacial score (nSPS) is 19.9. The van der Waals surface area contributed by atoms with E-state index in [1.807, 2.05) is 0 Å². The standard InChI is InChI=1S/C16H24N2O2S/c1-3-16(7-4-8-16)9-18-15-13(20-2)11(17)14(21-15)12(19)10-5-6-10/h10,18H,3-9,17H2,1-2H3. The smallest absolute Gasteiger partial charge is 0.178 e. The van der Waals surface area contributed by atoms with Gasteiger partial charge in [-0.2, -0.15) is 0 Å². The summed E-state index contributed by atoms with van der Waals surface area (Å²) in [5.41, 5.74) is 7.06. The molecule has 3 rings (SSSR count). The van der Waals surface area contributed by atoms with Crippen LogP contribution in [0.1, 0.15) is 55.1 Å². The number of nitrogens with two attached hydrogens (primary N) is 1. The molecule has 0 amide bonds. The average Bonchev–Trinajstić information content (AvgIpc) is 3.23. The molecule has 0 saturated heterocycles. The van der Waals surface area contributed by atoms with Crippen LogP contribution in [-0.2, 0) is 0 Å². The summed E-state index contributed by atoms with van der Waals surface area (Å²) >= 11 is 1.46. The van der Waals surface area contributed by atoms with Crippen molar-refractivity contribution in [3.05, 3.63) is 4.88 Å². The van der Waals surface area contributed by atoms with Gasteiger partial charge in [-0.15, -0.1) is 11.3 Å². The first kappa shape index (κ1) is 14.7. The maximum absolute atomic E-state index is 12.3. The first-order valence-corrected chi connectivity index (χ1v) is 8.66. The fourth-order valence-electron chi connectivity index (χ4n) is 3.06. The molecule has 0 spiro atoms. The van der Waals surface area contributed by atoms with Crippen LogP contribution < -0.4 is 15.8 Å². The molecule has 1 aromatic heterocycles. The average molecular weight is 308 g/mol. The van der Waals surface area contributed by atoms with Gasteiger partial charge < -0.3 is 15.8 Å². The maximum atomic E-state index is 12.3. The van der Waals surface area contributed by atoms with Crippen LogP contribution in [0.15, 0.2) is 0 Å². The Balaban J connectivity index is 1.77. The fraction of sp³-hybridized carbons (Fsp3) is 0.688. The third kappa shape index (κ3) is 2.63. The van der Waals surface area contributed by atoms with E-state index in [0.717, 1.165) is 24.4 Å².